The van der Waals surface area contributed by atoms with Crippen molar-refractivity contribution in [3.63, 3.8) is 0 Å². The van der Waals surface area contributed by atoms with E-state index in [0.717, 1.165) is 0 Å². The van der Waals surface area contributed by atoms with E-state index in [2.05, 4.69) is 10.5 Å². The lowest BCUT2D eigenvalue weighted by atomic mass is 10.2. The monoisotopic (exact) mass is 353 g/mol. The summed E-state index contributed by atoms with van der Waals surface area (Å²) in [6.45, 7) is 0.929. The molecule has 2 aromatic carbocycles. The number of hydrogen-bond acceptors (Lipinski definition) is 6. The Morgan fingerprint density at radius 2 is 1.96 bits per heavy atom. The zero-order valence-electron chi connectivity index (χ0n) is 13.6. The fourth-order valence-electron chi connectivity index (χ4n) is 2.28. The molecule has 0 radical (unpaired) electrons. The molecule has 1 aliphatic heterocycles. The summed E-state index contributed by atoms with van der Waals surface area (Å²) < 4.78 is 10.8. The second kappa shape index (κ2) is 7.93. The fraction of sp³-hybridized carbons (Fsp3) is 0.111. The van der Waals surface area contributed by atoms with Gasteiger partial charge >= 0.3 is 0 Å². The first kappa shape index (κ1) is 17.2. The third kappa shape index (κ3) is 4.23. The fourth-order valence-corrected chi connectivity index (χ4v) is 2.28. The molecule has 26 heavy (non-hydrogen) atoms. The van der Waals surface area contributed by atoms with Crippen LogP contribution in [0.2, 0.25) is 0 Å². The average Bonchev–Trinajstić information content (AvgIpc) is 2.67. The number of benzene rings is 2. The highest BCUT2D eigenvalue weighted by atomic mass is 16.6. The Morgan fingerprint density at radius 3 is 2.77 bits per heavy atom. The van der Waals surface area contributed by atoms with Gasteiger partial charge in [0.15, 0.2) is 11.5 Å². The van der Waals surface area contributed by atoms with Crippen LogP contribution in [-0.2, 0) is 0 Å². The van der Waals surface area contributed by atoms with Gasteiger partial charge in [-0.15, -0.1) is 0 Å². The molecule has 8 heteroatoms. The molecule has 0 fully saturated rings. The second-order valence-corrected chi connectivity index (χ2v) is 5.29. The highest BCUT2D eigenvalue weighted by Crippen LogP contribution is 2.30. The van der Waals surface area contributed by atoms with Crippen LogP contribution in [-0.4, -0.2) is 30.3 Å². The third-order valence-corrected chi connectivity index (χ3v) is 3.50. The molecule has 0 saturated heterocycles. The summed E-state index contributed by atoms with van der Waals surface area (Å²) in [5.74, 6) is 0.747. The molecule has 8 nitrogen and oxygen atoms in total. The van der Waals surface area contributed by atoms with Crippen molar-refractivity contribution in [3.05, 3.63) is 69.8 Å². The molecule has 0 saturated carbocycles. The lowest BCUT2D eigenvalue weighted by molar-refractivity contribution is -0.384. The van der Waals surface area contributed by atoms with Crippen molar-refractivity contribution in [2.75, 3.05) is 13.2 Å². The van der Waals surface area contributed by atoms with Gasteiger partial charge in [-0.25, -0.2) is 5.43 Å². The first-order valence-corrected chi connectivity index (χ1v) is 7.78. The number of ether oxygens (including phenoxy) is 2. The number of non-ortho nitro benzene ring substituents is 1. The second-order valence-electron chi connectivity index (χ2n) is 5.29. The van der Waals surface area contributed by atoms with Crippen LogP contribution in [0.4, 0.5) is 5.69 Å². The van der Waals surface area contributed by atoms with Crippen LogP contribution in [0, 0.1) is 10.1 Å². The molecule has 2 aromatic rings. The van der Waals surface area contributed by atoms with Crippen LogP contribution in [0.25, 0.3) is 6.08 Å². The molecule has 0 aliphatic carbocycles. The van der Waals surface area contributed by atoms with E-state index in [4.69, 9.17) is 9.47 Å². The Bertz CT molecular complexity index is 892. The summed E-state index contributed by atoms with van der Waals surface area (Å²) in [6.07, 6.45) is 4.60. The highest BCUT2D eigenvalue weighted by molar-refractivity contribution is 5.95. The number of nitro benzene ring substituents is 1. The molecule has 3 rings (SSSR count). The van der Waals surface area contributed by atoms with Crippen LogP contribution < -0.4 is 14.9 Å². The number of carbonyl (C=O) groups is 1. The lowest BCUT2D eigenvalue weighted by Crippen LogP contribution is -2.19. The average molecular weight is 353 g/mol. The van der Waals surface area contributed by atoms with E-state index in [9.17, 15) is 14.9 Å². The molecule has 0 atom stereocenters. The molecule has 0 bridgehead atoms. The third-order valence-electron chi connectivity index (χ3n) is 3.50. The predicted octanol–water partition coefficient (Wildman–Crippen LogP) is 2.80. The number of rotatable bonds is 5. The smallest absolute Gasteiger partial charge is 0.271 e. The number of allylic oxidation sites excluding steroid dienone is 1. The first-order valence-electron chi connectivity index (χ1n) is 7.78. The summed E-state index contributed by atoms with van der Waals surface area (Å²) in [4.78, 5) is 22.3. The normalized spacial score (nSPS) is 13.1. The number of hydrogen-bond donors (Lipinski definition) is 1. The van der Waals surface area contributed by atoms with Crippen LogP contribution in [0.5, 0.6) is 11.5 Å². The van der Waals surface area contributed by atoms with E-state index in [0.29, 0.717) is 35.8 Å². The minimum absolute atomic E-state index is 0.0102. The molecule has 1 aliphatic rings. The Kier molecular flexibility index (Phi) is 5.23. The maximum atomic E-state index is 12.1. The molecule has 1 N–H and O–H groups in total. The lowest BCUT2D eigenvalue weighted by Gasteiger charge is -2.18. The van der Waals surface area contributed by atoms with E-state index < -0.39 is 4.92 Å². The quantitative estimate of drug-likeness (QED) is 0.506. The van der Waals surface area contributed by atoms with Crippen molar-refractivity contribution in [2.45, 2.75) is 0 Å². The maximum Gasteiger partial charge on any atom is 0.271 e. The summed E-state index contributed by atoms with van der Waals surface area (Å²) in [5, 5.41) is 14.5. The first-order chi connectivity index (χ1) is 12.6. The maximum absolute atomic E-state index is 12.1. The van der Waals surface area contributed by atoms with Gasteiger partial charge in [0, 0.05) is 23.9 Å². The summed E-state index contributed by atoms with van der Waals surface area (Å²) >= 11 is 0. The van der Waals surface area contributed by atoms with Gasteiger partial charge in [0.1, 0.15) is 13.2 Å². The molecule has 132 valence electrons. The molecular weight excluding hydrogens is 338 g/mol. The summed E-state index contributed by atoms with van der Waals surface area (Å²) in [5.41, 5.74) is 3.46. The number of amides is 1. The van der Waals surface area contributed by atoms with Crippen molar-refractivity contribution in [2.24, 2.45) is 5.10 Å². The van der Waals surface area contributed by atoms with Gasteiger partial charge in [-0.2, -0.15) is 5.10 Å². The van der Waals surface area contributed by atoms with Gasteiger partial charge in [-0.05, 0) is 29.8 Å². The number of nitro groups is 1. The Hall–Kier alpha value is -3.68. The van der Waals surface area contributed by atoms with Gasteiger partial charge in [0.05, 0.1) is 4.92 Å². The topological polar surface area (TPSA) is 103 Å². The zero-order valence-corrected chi connectivity index (χ0v) is 13.6. The molecule has 0 aromatic heterocycles. The predicted molar refractivity (Wildman–Crippen MR) is 95.5 cm³/mol. The van der Waals surface area contributed by atoms with Gasteiger partial charge in [0.2, 0.25) is 0 Å². The van der Waals surface area contributed by atoms with E-state index in [1.165, 1.54) is 18.3 Å². The van der Waals surface area contributed by atoms with Crippen LogP contribution >= 0.6 is 0 Å². The summed E-state index contributed by atoms with van der Waals surface area (Å²) in [7, 11) is 0. The van der Waals surface area contributed by atoms with Crippen molar-refractivity contribution < 1.29 is 19.2 Å². The largest absolute Gasteiger partial charge is 0.486 e. The van der Waals surface area contributed by atoms with Gasteiger partial charge in [0.25, 0.3) is 11.6 Å². The Balaban J connectivity index is 1.57. The number of nitrogens with one attached hydrogen (secondary N) is 1. The van der Waals surface area contributed by atoms with E-state index in [-0.39, 0.29) is 11.6 Å². The highest BCUT2D eigenvalue weighted by Gasteiger charge is 2.14. The van der Waals surface area contributed by atoms with Crippen LogP contribution in [0.1, 0.15) is 15.9 Å². The Morgan fingerprint density at radius 1 is 1.15 bits per heavy atom. The standard InChI is InChI=1S/C18H15N3O5/c22-18(14-6-7-16-17(12-14)26-10-9-25-16)20-19-8-2-4-13-3-1-5-15(11-13)21(23)24/h1-8,11-12H,9-10H2,(H,20,22)/b4-2+,19-8?. The molecule has 0 spiro atoms. The number of nitrogens with zero attached hydrogens (tertiary/aromatic N) is 2. The van der Waals surface area contributed by atoms with E-state index >= 15 is 0 Å². The number of hydrazone groups is 1. The SMILES string of the molecule is O=C(NN=C/C=C/c1cccc([N+](=O)[O-])c1)c1ccc2c(c1)OCCO2. The van der Waals surface area contributed by atoms with Crippen molar-refractivity contribution >= 4 is 23.9 Å². The van der Waals surface area contributed by atoms with Gasteiger partial charge in [-0.3, -0.25) is 14.9 Å². The van der Waals surface area contributed by atoms with Crippen molar-refractivity contribution in [1.29, 1.82) is 0 Å². The molecule has 1 heterocycles. The van der Waals surface area contributed by atoms with Crippen molar-refractivity contribution in [1.82, 2.24) is 5.43 Å². The van der Waals surface area contributed by atoms with Crippen LogP contribution in [0.15, 0.2) is 53.6 Å². The summed E-state index contributed by atoms with van der Waals surface area (Å²) in [6, 6.07) is 11.1. The van der Waals surface area contributed by atoms with Crippen molar-refractivity contribution in [3.8, 4) is 11.5 Å². The van der Waals surface area contributed by atoms with Gasteiger partial charge in [-0.1, -0.05) is 18.2 Å². The molecular formula is C18H15N3O5. The van der Waals surface area contributed by atoms with E-state index in [1.54, 1.807) is 42.5 Å². The number of carbonyl (C=O) groups excluding carboxylic acids is 1. The van der Waals surface area contributed by atoms with Crippen LogP contribution in [0.3, 0.4) is 0 Å². The minimum Gasteiger partial charge on any atom is -0.486 e. The number of fused-ring (bicyclic) bond motifs is 1. The minimum atomic E-state index is -0.459. The van der Waals surface area contributed by atoms with E-state index in [1.807, 2.05) is 0 Å². The zero-order chi connectivity index (χ0) is 18.4. The van der Waals surface area contributed by atoms with Gasteiger partial charge < -0.3 is 9.47 Å². The Labute approximate surface area is 148 Å². The molecule has 0 unspecified atom stereocenters. The molecule has 1 amide bonds.